The lowest BCUT2D eigenvalue weighted by molar-refractivity contribution is 0.306. The minimum Gasteiger partial charge on any atom is -0.497 e. The van der Waals surface area contributed by atoms with Gasteiger partial charge in [-0.25, -0.2) is 0 Å². The molecule has 3 heterocycles. The Labute approximate surface area is 169 Å². The van der Waals surface area contributed by atoms with Crippen molar-refractivity contribution in [3.63, 3.8) is 0 Å². The summed E-state index contributed by atoms with van der Waals surface area (Å²) in [6, 6.07) is 20.1. The Bertz CT molecular complexity index is 1130. The number of rotatable bonds is 5. The third kappa shape index (κ3) is 3.71. The molecule has 29 heavy (non-hydrogen) atoms. The molecule has 0 unspecified atom stereocenters. The number of hydrogen-bond acceptors (Lipinski definition) is 6. The SMILES string of the molecule is COc1ccc2nc(CN3CC[C@@H](c4nc(-c5ccccc5)no4)C3)ccc2c1. The molecule has 0 aliphatic carbocycles. The Balaban J connectivity index is 1.27. The van der Waals surface area contributed by atoms with Crippen LogP contribution in [0.1, 0.15) is 23.9 Å². The molecule has 4 aromatic rings. The van der Waals surface area contributed by atoms with Crippen LogP contribution < -0.4 is 4.74 Å². The molecule has 146 valence electrons. The Hall–Kier alpha value is -3.25. The van der Waals surface area contributed by atoms with Crippen LogP contribution in [0.4, 0.5) is 0 Å². The first kappa shape index (κ1) is 17.8. The van der Waals surface area contributed by atoms with Gasteiger partial charge in [0.15, 0.2) is 0 Å². The number of pyridine rings is 1. The first-order valence-electron chi connectivity index (χ1n) is 9.83. The number of fused-ring (bicyclic) bond motifs is 1. The summed E-state index contributed by atoms with van der Waals surface area (Å²) in [5.41, 5.74) is 3.04. The lowest BCUT2D eigenvalue weighted by Gasteiger charge is -2.15. The summed E-state index contributed by atoms with van der Waals surface area (Å²) in [5.74, 6) is 2.50. The molecule has 6 heteroatoms. The molecule has 1 aliphatic heterocycles. The minimum absolute atomic E-state index is 0.268. The molecule has 6 nitrogen and oxygen atoms in total. The van der Waals surface area contributed by atoms with Gasteiger partial charge < -0.3 is 9.26 Å². The van der Waals surface area contributed by atoms with Gasteiger partial charge in [-0.1, -0.05) is 41.6 Å². The van der Waals surface area contributed by atoms with Crippen molar-refractivity contribution in [2.75, 3.05) is 20.2 Å². The predicted octanol–water partition coefficient (Wildman–Crippen LogP) is 4.28. The number of ether oxygens (including phenoxy) is 1. The zero-order valence-electron chi connectivity index (χ0n) is 16.3. The molecule has 1 aliphatic rings. The highest BCUT2D eigenvalue weighted by Gasteiger charge is 2.28. The summed E-state index contributed by atoms with van der Waals surface area (Å²) in [6.45, 7) is 2.72. The lowest BCUT2D eigenvalue weighted by atomic mass is 10.1. The zero-order chi connectivity index (χ0) is 19.6. The normalized spacial score (nSPS) is 17.1. The molecular formula is C23H22N4O2. The number of hydrogen-bond donors (Lipinski definition) is 0. The smallest absolute Gasteiger partial charge is 0.231 e. The standard InChI is InChI=1S/C23H22N4O2/c1-28-20-9-10-21-17(13-20)7-8-19(24-21)15-27-12-11-18(14-27)23-25-22(26-29-23)16-5-3-2-4-6-16/h2-10,13,18H,11-12,14-15H2,1H3/t18-/m1/s1. The first-order chi connectivity index (χ1) is 14.3. The van der Waals surface area contributed by atoms with Crippen LogP contribution in [0.2, 0.25) is 0 Å². The topological polar surface area (TPSA) is 64.3 Å². The van der Waals surface area contributed by atoms with E-state index in [1.165, 1.54) is 0 Å². The second-order valence-corrected chi connectivity index (χ2v) is 7.40. The molecule has 2 aromatic carbocycles. The van der Waals surface area contributed by atoms with Crippen molar-refractivity contribution in [2.24, 2.45) is 0 Å². The number of aromatic nitrogens is 3. The monoisotopic (exact) mass is 386 g/mol. The van der Waals surface area contributed by atoms with Crippen molar-refractivity contribution in [2.45, 2.75) is 18.9 Å². The van der Waals surface area contributed by atoms with Gasteiger partial charge in [-0.2, -0.15) is 4.98 Å². The van der Waals surface area contributed by atoms with Crippen LogP contribution in [0.15, 0.2) is 65.2 Å². The van der Waals surface area contributed by atoms with Gasteiger partial charge in [0.05, 0.1) is 24.2 Å². The van der Waals surface area contributed by atoms with E-state index in [1.807, 2.05) is 48.5 Å². The van der Waals surface area contributed by atoms with Crippen molar-refractivity contribution >= 4 is 10.9 Å². The maximum atomic E-state index is 5.57. The van der Waals surface area contributed by atoms with E-state index in [0.29, 0.717) is 5.82 Å². The molecule has 1 saturated heterocycles. The maximum Gasteiger partial charge on any atom is 0.231 e. The van der Waals surface area contributed by atoms with Gasteiger partial charge in [0.1, 0.15) is 5.75 Å². The van der Waals surface area contributed by atoms with Crippen LogP contribution in [0.3, 0.4) is 0 Å². The summed E-state index contributed by atoms with van der Waals surface area (Å²) in [4.78, 5) is 11.8. The van der Waals surface area contributed by atoms with E-state index in [9.17, 15) is 0 Å². The third-order valence-electron chi connectivity index (χ3n) is 5.43. The average molecular weight is 386 g/mol. The van der Waals surface area contributed by atoms with Crippen LogP contribution in [-0.4, -0.2) is 40.2 Å². The van der Waals surface area contributed by atoms with Gasteiger partial charge in [0, 0.05) is 24.0 Å². The highest BCUT2D eigenvalue weighted by molar-refractivity contribution is 5.80. The maximum absolute atomic E-state index is 5.57. The molecule has 1 fully saturated rings. The quantitative estimate of drug-likeness (QED) is 0.510. The van der Waals surface area contributed by atoms with Gasteiger partial charge in [0.25, 0.3) is 0 Å². The molecule has 0 N–H and O–H groups in total. The van der Waals surface area contributed by atoms with Gasteiger partial charge in [-0.05, 0) is 37.2 Å². The summed E-state index contributed by atoms with van der Waals surface area (Å²) in [7, 11) is 1.68. The highest BCUT2D eigenvalue weighted by Crippen LogP contribution is 2.29. The van der Waals surface area contributed by atoms with Crippen molar-refractivity contribution in [1.82, 2.24) is 20.0 Å². The summed E-state index contributed by atoms with van der Waals surface area (Å²) >= 11 is 0. The van der Waals surface area contributed by atoms with E-state index in [2.05, 4.69) is 27.2 Å². The molecule has 0 amide bonds. The second-order valence-electron chi connectivity index (χ2n) is 7.40. The molecule has 1 atom stereocenters. The lowest BCUT2D eigenvalue weighted by Crippen LogP contribution is -2.20. The van der Waals surface area contributed by atoms with E-state index in [-0.39, 0.29) is 5.92 Å². The molecular weight excluding hydrogens is 364 g/mol. The second kappa shape index (κ2) is 7.64. The molecule has 0 bridgehead atoms. The van der Waals surface area contributed by atoms with Gasteiger partial charge in [-0.15, -0.1) is 0 Å². The summed E-state index contributed by atoms with van der Waals surface area (Å²) in [5, 5.41) is 5.25. The van der Waals surface area contributed by atoms with Crippen LogP contribution in [0.25, 0.3) is 22.3 Å². The van der Waals surface area contributed by atoms with Crippen molar-refractivity contribution in [3.05, 3.63) is 72.2 Å². The first-order valence-corrected chi connectivity index (χ1v) is 9.83. The van der Waals surface area contributed by atoms with Crippen LogP contribution in [0, 0.1) is 0 Å². The zero-order valence-corrected chi connectivity index (χ0v) is 16.3. The molecule has 5 rings (SSSR count). The fraction of sp³-hybridized carbons (Fsp3) is 0.261. The number of benzene rings is 2. The van der Waals surface area contributed by atoms with Crippen LogP contribution >= 0.6 is 0 Å². The van der Waals surface area contributed by atoms with Gasteiger partial charge >= 0.3 is 0 Å². The Kier molecular flexibility index (Phi) is 4.69. The molecule has 0 spiro atoms. The highest BCUT2D eigenvalue weighted by atomic mass is 16.5. The average Bonchev–Trinajstić information content (AvgIpc) is 3.44. The van der Waals surface area contributed by atoms with Gasteiger partial charge in [0.2, 0.25) is 11.7 Å². The summed E-state index contributed by atoms with van der Waals surface area (Å²) < 4.78 is 10.9. The Morgan fingerprint density at radius 3 is 2.83 bits per heavy atom. The fourth-order valence-corrected chi connectivity index (χ4v) is 3.87. The summed E-state index contributed by atoms with van der Waals surface area (Å²) in [6.07, 6.45) is 1.02. The van der Waals surface area contributed by atoms with E-state index in [0.717, 1.165) is 59.9 Å². The molecule has 2 aromatic heterocycles. The fourth-order valence-electron chi connectivity index (χ4n) is 3.87. The largest absolute Gasteiger partial charge is 0.497 e. The van der Waals surface area contributed by atoms with Crippen LogP contribution in [-0.2, 0) is 6.54 Å². The molecule has 0 saturated carbocycles. The Morgan fingerprint density at radius 2 is 1.97 bits per heavy atom. The van der Waals surface area contributed by atoms with Crippen molar-refractivity contribution < 1.29 is 9.26 Å². The minimum atomic E-state index is 0.268. The molecule has 0 radical (unpaired) electrons. The van der Waals surface area contributed by atoms with E-state index >= 15 is 0 Å². The van der Waals surface area contributed by atoms with E-state index in [1.54, 1.807) is 7.11 Å². The van der Waals surface area contributed by atoms with Gasteiger partial charge in [-0.3, -0.25) is 9.88 Å². The number of likely N-dealkylation sites (tertiary alicyclic amines) is 1. The predicted molar refractivity (Wildman–Crippen MR) is 111 cm³/mol. The Morgan fingerprint density at radius 1 is 1.07 bits per heavy atom. The van der Waals surface area contributed by atoms with Crippen molar-refractivity contribution in [1.29, 1.82) is 0 Å². The van der Waals surface area contributed by atoms with Crippen molar-refractivity contribution in [3.8, 4) is 17.1 Å². The number of methoxy groups -OCH3 is 1. The van der Waals surface area contributed by atoms with E-state index < -0.39 is 0 Å². The van der Waals surface area contributed by atoms with E-state index in [4.69, 9.17) is 14.2 Å². The van der Waals surface area contributed by atoms with Crippen LogP contribution in [0.5, 0.6) is 5.75 Å². The third-order valence-corrected chi connectivity index (χ3v) is 5.43. The number of nitrogens with zero attached hydrogens (tertiary/aromatic N) is 4.